The van der Waals surface area contributed by atoms with E-state index in [4.69, 9.17) is 19.3 Å². The quantitative estimate of drug-likeness (QED) is 0.0273. The van der Waals surface area contributed by atoms with Gasteiger partial charge in [-0.15, -0.1) is 0 Å². The number of esters is 2. The van der Waals surface area contributed by atoms with Crippen molar-refractivity contribution in [3.8, 4) is 0 Å². The molecule has 56 heavy (non-hydrogen) atoms. The number of carbonyl (C=O) groups excluding carboxylic acids is 2. The van der Waals surface area contributed by atoms with Gasteiger partial charge in [-0.25, -0.2) is 4.57 Å². The van der Waals surface area contributed by atoms with Crippen LogP contribution >= 0.6 is 7.82 Å². The van der Waals surface area contributed by atoms with Gasteiger partial charge in [0.15, 0.2) is 6.10 Å². The maximum Gasteiger partial charge on any atom is 0.469 e. The number of phosphoric acid groups is 1. The second-order valence-electron chi connectivity index (χ2n) is 14.3. The number of rotatable bonds is 39. The van der Waals surface area contributed by atoms with Crippen molar-refractivity contribution < 1.29 is 37.9 Å². The predicted molar refractivity (Wildman–Crippen MR) is 234 cm³/mol. The van der Waals surface area contributed by atoms with Crippen molar-refractivity contribution in [2.24, 2.45) is 0 Å². The van der Waals surface area contributed by atoms with E-state index in [0.717, 1.165) is 96.3 Å². The summed E-state index contributed by atoms with van der Waals surface area (Å²) in [6.07, 6.45) is 55.8. The second kappa shape index (κ2) is 41.9. The molecule has 0 aromatic carbocycles. The van der Waals surface area contributed by atoms with Crippen LogP contribution in [0.25, 0.3) is 0 Å². The van der Waals surface area contributed by atoms with Crippen LogP contribution in [0.5, 0.6) is 0 Å². The van der Waals surface area contributed by atoms with E-state index in [1.807, 2.05) is 0 Å². The molecule has 0 radical (unpaired) electrons. The summed E-state index contributed by atoms with van der Waals surface area (Å²) in [4.78, 5) is 42.9. The molecule has 0 bridgehead atoms. The third-order valence-electron chi connectivity index (χ3n) is 8.91. The van der Waals surface area contributed by atoms with Crippen LogP contribution in [0.15, 0.2) is 85.1 Å². The first-order valence-electron chi connectivity index (χ1n) is 21.9. The molecule has 0 aliphatic carbocycles. The van der Waals surface area contributed by atoms with E-state index in [-0.39, 0.29) is 19.4 Å². The zero-order chi connectivity index (χ0) is 41.1. The van der Waals surface area contributed by atoms with E-state index in [9.17, 15) is 14.2 Å². The SMILES string of the molecule is CC/C=C\C/C=C\C/C=C\C/C=C\CCCCCCCCCCC(=O)OC(COC(=O)CCCCCCCCC/C=C\C/C=C\C/C=C\CC)COP(=O)(O)O. The fourth-order valence-electron chi connectivity index (χ4n) is 5.73. The summed E-state index contributed by atoms with van der Waals surface area (Å²) in [5, 5.41) is 0. The first-order valence-corrected chi connectivity index (χ1v) is 23.4. The number of allylic oxidation sites excluding steroid dienone is 14. The lowest BCUT2D eigenvalue weighted by molar-refractivity contribution is -0.161. The van der Waals surface area contributed by atoms with Gasteiger partial charge in [0.1, 0.15) is 6.61 Å². The van der Waals surface area contributed by atoms with Crippen LogP contribution in [0, 0.1) is 0 Å². The highest BCUT2D eigenvalue weighted by Crippen LogP contribution is 2.36. The van der Waals surface area contributed by atoms with Crippen molar-refractivity contribution in [2.75, 3.05) is 13.2 Å². The third kappa shape index (κ3) is 44.0. The van der Waals surface area contributed by atoms with Gasteiger partial charge >= 0.3 is 19.8 Å². The summed E-state index contributed by atoms with van der Waals surface area (Å²) in [6.45, 7) is 3.45. The summed E-state index contributed by atoms with van der Waals surface area (Å²) in [7, 11) is -4.77. The first-order chi connectivity index (χ1) is 27.3. The van der Waals surface area contributed by atoms with Crippen molar-refractivity contribution in [2.45, 2.75) is 187 Å². The molecule has 0 fully saturated rings. The molecule has 9 heteroatoms. The Bertz CT molecular complexity index is 1180. The van der Waals surface area contributed by atoms with Crippen molar-refractivity contribution in [1.29, 1.82) is 0 Å². The maximum absolute atomic E-state index is 12.4. The molecule has 0 aliphatic rings. The van der Waals surface area contributed by atoms with Gasteiger partial charge in [0.2, 0.25) is 0 Å². The van der Waals surface area contributed by atoms with Crippen molar-refractivity contribution in [3.63, 3.8) is 0 Å². The molecule has 320 valence electrons. The number of unbranched alkanes of at least 4 members (excludes halogenated alkanes) is 15. The van der Waals surface area contributed by atoms with Gasteiger partial charge in [-0.2, -0.15) is 0 Å². The lowest BCUT2D eigenvalue weighted by atomic mass is 10.1. The lowest BCUT2D eigenvalue weighted by Crippen LogP contribution is -2.29. The monoisotopic (exact) mass is 803 g/mol. The Balaban J connectivity index is 3.94. The zero-order valence-corrected chi connectivity index (χ0v) is 36.1. The number of hydrogen-bond acceptors (Lipinski definition) is 6. The van der Waals surface area contributed by atoms with Crippen LogP contribution in [0.2, 0.25) is 0 Å². The molecule has 0 spiro atoms. The molecule has 0 amide bonds. The van der Waals surface area contributed by atoms with E-state index in [1.54, 1.807) is 0 Å². The van der Waals surface area contributed by atoms with Crippen molar-refractivity contribution in [1.82, 2.24) is 0 Å². The third-order valence-corrected chi connectivity index (χ3v) is 9.39. The molecule has 8 nitrogen and oxygen atoms in total. The molecule has 0 aromatic rings. The number of ether oxygens (including phenoxy) is 2. The smallest absolute Gasteiger partial charge is 0.462 e. The minimum Gasteiger partial charge on any atom is -0.462 e. The Hall–Kier alpha value is -2.77. The highest BCUT2D eigenvalue weighted by atomic mass is 31.2. The summed E-state index contributed by atoms with van der Waals surface area (Å²) in [6, 6.07) is 0. The van der Waals surface area contributed by atoms with Crippen LogP contribution < -0.4 is 0 Å². The number of hydrogen-bond donors (Lipinski definition) is 2. The normalized spacial score (nSPS) is 13.3. The second-order valence-corrected chi connectivity index (χ2v) is 15.5. The molecule has 0 rings (SSSR count). The molecule has 0 aromatic heterocycles. The molecule has 2 N–H and O–H groups in total. The largest absolute Gasteiger partial charge is 0.469 e. The minimum absolute atomic E-state index is 0.195. The summed E-state index contributed by atoms with van der Waals surface area (Å²) < 4.78 is 26.4. The molecule has 0 saturated heterocycles. The summed E-state index contributed by atoms with van der Waals surface area (Å²) >= 11 is 0. The zero-order valence-electron chi connectivity index (χ0n) is 35.3. The van der Waals surface area contributed by atoms with Crippen LogP contribution in [-0.4, -0.2) is 41.0 Å². The minimum atomic E-state index is -4.77. The molecular weight excluding hydrogens is 723 g/mol. The number of carbonyl (C=O) groups is 2. The van der Waals surface area contributed by atoms with Gasteiger partial charge in [-0.05, 0) is 83.5 Å². The summed E-state index contributed by atoms with van der Waals surface area (Å²) in [5.41, 5.74) is 0. The Kier molecular flexibility index (Phi) is 39.8. The van der Waals surface area contributed by atoms with Gasteiger partial charge in [-0.1, -0.05) is 170 Å². The maximum atomic E-state index is 12.4. The fraction of sp³-hybridized carbons (Fsp3) is 0.660. The fourth-order valence-corrected chi connectivity index (χ4v) is 6.09. The topological polar surface area (TPSA) is 119 Å². The predicted octanol–water partition coefficient (Wildman–Crippen LogP) is 13.6. The Morgan fingerprint density at radius 2 is 0.804 bits per heavy atom. The highest BCUT2D eigenvalue weighted by Gasteiger charge is 2.22. The van der Waals surface area contributed by atoms with Crippen LogP contribution in [-0.2, 0) is 28.2 Å². The van der Waals surface area contributed by atoms with E-state index in [0.29, 0.717) is 12.8 Å². The molecule has 1 unspecified atom stereocenters. The molecule has 0 aliphatic heterocycles. The van der Waals surface area contributed by atoms with Gasteiger partial charge in [0, 0.05) is 12.8 Å². The van der Waals surface area contributed by atoms with Gasteiger partial charge < -0.3 is 19.3 Å². The summed E-state index contributed by atoms with van der Waals surface area (Å²) in [5.74, 6) is -0.911. The van der Waals surface area contributed by atoms with E-state index in [2.05, 4.69) is 103 Å². The average Bonchev–Trinajstić information content (AvgIpc) is 3.17. The van der Waals surface area contributed by atoms with Gasteiger partial charge in [0.05, 0.1) is 6.61 Å². The highest BCUT2D eigenvalue weighted by molar-refractivity contribution is 7.46. The van der Waals surface area contributed by atoms with E-state index < -0.39 is 32.5 Å². The van der Waals surface area contributed by atoms with Gasteiger partial charge in [-0.3, -0.25) is 14.1 Å². The number of phosphoric ester groups is 1. The van der Waals surface area contributed by atoms with E-state index in [1.165, 1.54) is 44.9 Å². The van der Waals surface area contributed by atoms with Crippen molar-refractivity contribution >= 4 is 19.8 Å². The standard InChI is InChI=1S/C47H79O8P/c1-3-5-7-9-11-13-15-17-19-21-22-23-24-26-28-30-32-34-36-38-40-42-47(49)55-45(44-54-56(50,51)52)43-53-46(48)41-39-37-35-33-31-29-27-25-20-18-16-14-12-10-8-6-4-2/h5-8,11-14,17-20,22-23,45H,3-4,9-10,15-16,21,24-44H2,1-2H3,(H2,50,51,52)/b7-5-,8-6-,13-11-,14-12-,19-17-,20-18-,23-22-. The first kappa shape index (κ1) is 53.2. The van der Waals surface area contributed by atoms with Crippen LogP contribution in [0.3, 0.4) is 0 Å². The Morgan fingerprint density at radius 3 is 1.20 bits per heavy atom. The van der Waals surface area contributed by atoms with E-state index >= 15 is 0 Å². The van der Waals surface area contributed by atoms with Crippen LogP contribution in [0.4, 0.5) is 0 Å². The molecule has 0 saturated carbocycles. The molecule has 1 atom stereocenters. The molecule has 0 heterocycles. The Labute approximate surface area is 342 Å². The lowest BCUT2D eigenvalue weighted by Gasteiger charge is -2.18. The van der Waals surface area contributed by atoms with Gasteiger partial charge in [0.25, 0.3) is 0 Å². The molecular formula is C47H79O8P. The van der Waals surface area contributed by atoms with Crippen LogP contribution in [0.1, 0.15) is 181 Å². The van der Waals surface area contributed by atoms with Crippen molar-refractivity contribution in [3.05, 3.63) is 85.1 Å². The average molecular weight is 803 g/mol. The Morgan fingerprint density at radius 1 is 0.464 bits per heavy atom.